The Morgan fingerprint density at radius 3 is 2.78 bits per heavy atom. The van der Waals surface area contributed by atoms with Gasteiger partial charge in [0.15, 0.2) is 0 Å². The lowest BCUT2D eigenvalue weighted by atomic mass is 10.2. The first-order chi connectivity index (χ1) is 13.2. The minimum atomic E-state index is -0.331. The van der Waals surface area contributed by atoms with E-state index in [1.165, 1.54) is 0 Å². The van der Waals surface area contributed by atoms with E-state index in [2.05, 4.69) is 10.3 Å². The zero-order valence-electron chi connectivity index (χ0n) is 14.3. The van der Waals surface area contributed by atoms with Gasteiger partial charge in [0, 0.05) is 4.88 Å². The topological polar surface area (TPSA) is 81.2 Å². The Labute approximate surface area is 158 Å². The Hall–Kier alpha value is -3.26. The van der Waals surface area contributed by atoms with Crippen LogP contribution in [0.2, 0.25) is 0 Å². The van der Waals surface area contributed by atoms with E-state index >= 15 is 0 Å². The molecule has 1 aromatic carbocycles. The number of hydrogen-bond donors (Lipinski definition) is 0. The number of furan rings is 1. The summed E-state index contributed by atoms with van der Waals surface area (Å²) in [7, 11) is 0. The number of carbonyl (C=O) groups is 1. The van der Waals surface area contributed by atoms with E-state index < -0.39 is 0 Å². The first-order valence-electron chi connectivity index (χ1n) is 8.36. The molecule has 0 aliphatic rings. The van der Waals surface area contributed by atoms with E-state index in [0.717, 1.165) is 9.56 Å². The number of thiophene rings is 1. The summed E-state index contributed by atoms with van der Waals surface area (Å²) in [5, 5.41) is 10.3. The van der Waals surface area contributed by atoms with Crippen LogP contribution in [-0.2, 0) is 24.4 Å². The van der Waals surface area contributed by atoms with Crippen molar-refractivity contribution in [3.63, 3.8) is 0 Å². The van der Waals surface area contributed by atoms with Crippen LogP contribution in [-0.4, -0.2) is 25.8 Å². The van der Waals surface area contributed by atoms with Crippen LogP contribution in [0.15, 0.2) is 69.4 Å². The summed E-state index contributed by atoms with van der Waals surface area (Å²) in [6.45, 7) is 0.579. The number of aromatic nitrogens is 3. The molecular formula is C19H16N4O3S. The van der Waals surface area contributed by atoms with Gasteiger partial charge in [-0.1, -0.05) is 23.4 Å². The quantitative estimate of drug-likeness (QED) is 0.514. The van der Waals surface area contributed by atoms with Crippen molar-refractivity contribution in [2.24, 2.45) is 0 Å². The Kier molecular flexibility index (Phi) is 4.80. The first kappa shape index (κ1) is 17.2. The number of amides is 1. The fraction of sp³-hybridized carbons (Fsp3) is 0.158. The van der Waals surface area contributed by atoms with Crippen molar-refractivity contribution in [1.29, 1.82) is 0 Å². The van der Waals surface area contributed by atoms with Gasteiger partial charge in [-0.25, -0.2) is 4.68 Å². The van der Waals surface area contributed by atoms with Gasteiger partial charge in [0.2, 0.25) is 5.91 Å². The highest BCUT2D eigenvalue weighted by Crippen LogP contribution is 2.15. The van der Waals surface area contributed by atoms with E-state index in [-0.39, 0.29) is 18.0 Å². The molecule has 0 saturated carbocycles. The average molecular weight is 380 g/mol. The maximum atomic E-state index is 12.9. The number of carbonyl (C=O) groups excluding carboxylic acids is 1. The van der Waals surface area contributed by atoms with Crippen molar-refractivity contribution in [3.05, 3.63) is 81.2 Å². The molecule has 1 amide bonds. The number of nitrogens with zero attached hydrogens (tertiary/aromatic N) is 4. The van der Waals surface area contributed by atoms with Crippen molar-refractivity contribution in [3.8, 4) is 0 Å². The van der Waals surface area contributed by atoms with E-state index in [9.17, 15) is 9.59 Å². The van der Waals surface area contributed by atoms with Gasteiger partial charge in [-0.3, -0.25) is 9.59 Å². The van der Waals surface area contributed by atoms with Crippen LogP contribution in [0, 0.1) is 0 Å². The SMILES string of the molecule is O=C(Cn1nnc2ccccc2c1=O)N(Cc1ccco1)Cc1cccs1. The molecule has 0 N–H and O–H groups in total. The van der Waals surface area contributed by atoms with Gasteiger partial charge in [-0.05, 0) is 35.7 Å². The number of hydrogen-bond acceptors (Lipinski definition) is 6. The van der Waals surface area contributed by atoms with Crippen molar-refractivity contribution < 1.29 is 9.21 Å². The molecule has 0 radical (unpaired) electrons. The van der Waals surface area contributed by atoms with Crippen LogP contribution < -0.4 is 5.56 Å². The van der Waals surface area contributed by atoms with Crippen LogP contribution in [0.5, 0.6) is 0 Å². The highest BCUT2D eigenvalue weighted by atomic mass is 32.1. The van der Waals surface area contributed by atoms with Gasteiger partial charge in [-0.2, -0.15) is 0 Å². The summed E-state index contributed by atoms with van der Waals surface area (Å²) in [5.74, 6) is 0.448. The van der Waals surface area contributed by atoms with E-state index in [0.29, 0.717) is 29.8 Å². The lowest BCUT2D eigenvalue weighted by Gasteiger charge is -2.21. The highest BCUT2D eigenvalue weighted by Gasteiger charge is 2.19. The van der Waals surface area contributed by atoms with Gasteiger partial charge in [0.1, 0.15) is 17.8 Å². The monoisotopic (exact) mass is 380 g/mol. The smallest absolute Gasteiger partial charge is 0.278 e. The van der Waals surface area contributed by atoms with Crippen molar-refractivity contribution >= 4 is 28.1 Å². The highest BCUT2D eigenvalue weighted by molar-refractivity contribution is 7.09. The van der Waals surface area contributed by atoms with Crippen molar-refractivity contribution in [2.45, 2.75) is 19.6 Å². The van der Waals surface area contributed by atoms with Gasteiger partial charge in [0.25, 0.3) is 5.56 Å². The van der Waals surface area contributed by atoms with Gasteiger partial charge >= 0.3 is 0 Å². The van der Waals surface area contributed by atoms with Gasteiger partial charge < -0.3 is 9.32 Å². The second kappa shape index (κ2) is 7.55. The van der Waals surface area contributed by atoms with Gasteiger partial charge in [0.05, 0.1) is 24.7 Å². The average Bonchev–Trinajstić information content (AvgIpc) is 3.38. The minimum absolute atomic E-state index is 0.178. The summed E-state index contributed by atoms with van der Waals surface area (Å²) >= 11 is 1.57. The summed E-state index contributed by atoms with van der Waals surface area (Å²) in [5.41, 5.74) is 0.181. The third kappa shape index (κ3) is 3.80. The molecule has 3 aromatic heterocycles. The third-order valence-electron chi connectivity index (χ3n) is 4.12. The lowest BCUT2D eigenvalue weighted by molar-refractivity contribution is -0.133. The Morgan fingerprint density at radius 2 is 2.00 bits per heavy atom. The molecule has 0 spiro atoms. The molecule has 4 rings (SSSR count). The zero-order valence-corrected chi connectivity index (χ0v) is 15.1. The first-order valence-corrected chi connectivity index (χ1v) is 9.24. The predicted molar refractivity (Wildman–Crippen MR) is 101 cm³/mol. The Bertz CT molecular complexity index is 1070. The van der Waals surface area contributed by atoms with Crippen LogP contribution in [0.4, 0.5) is 0 Å². The van der Waals surface area contributed by atoms with E-state index in [1.807, 2.05) is 23.6 Å². The molecule has 8 heteroatoms. The molecule has 0 atom stereocenters. The molecule has 4 aromatic rings. The van der Waals surface area contributed by atoms with Crippen LogP contribution in [0.1, 0.15) is 10.6 Å². The summed E-state index contributed by atoms with van der Waals surface area (Å²) in [4.78, 5) is 28.2. The molecule has 3 heterocycles. The molecule has 136 valence electrons. The van der Waals surface area contributed by atoms with Crippen LogP contribution >= 0.6 is 11.3 Å². The molecule has 0 aliphatic carbocycles. The van der Waals surface area contributed by atoms with Crippen molar-refractivity contribution in [1.82, 2.24) is 19.9 Å². The standard InChI is InChI=1S/C19H16N4O3S/c24-18(13-23-19(25)16-7-1-2-8-17(16)20-21-23)22(11-14-5-3-9-26-14)12-15-6-4-10-27-15/h1-10H,11-13H2. The summed E-state index contributed by atoms with van der Waals surface area (Å²) in [6.07, 6.45) is 1.57. The fourth-order valence-electron chi connectivity index (χ4n) is 2.77. The zero-order chi connectivity index (χ0) is 18.6. The number of benzene rings is 1. The van der Waals surface area contributed by atoms with Crippen LogP contribution in [0.3, 0.4) is 0 Å². The molecule has 0 bridgehead atoms. The van der Waals surface area contributed by atoms with Crippen LogP contribution in [0.25, 0.3) is 10.9 Å². The Balaban J connectivity index is 1.59. The maximum absolute atomic E-state index is 12.9. The maximum Gasteiger partial charge on any atom is 0.278 e. The van der Waals surface area contributed by atoms with E-state index in [1.54, 1.807) is 52.8 Å². The largest absolute Gasteiger partial charge is 0.467 e. The molecule has 0 unspecified atom stereocenters. The summed E-state index contributed by atoms with van der Waals surface area (Å²) < 4.78 is 6.48. The molecule has 0 saturated heterocycles. The lowest BCUT2D eigenvalue weighted by Crippen LogP contribution is -2.37. The van der Waals surface area contributed by atoms with Crippen molar-refractivity contribution in [2.75, 3.05) is 0 Å². The third-order valence-corrected chi connectivity index (χ3v) is 4.98. The predicted octanol–water partition coefficient (Wildman–Crippen LogP) is 2.68. The molecule has 27 heavy (non-hydrogen) atoms. The summed E-state index contributed by atoms with van der Waals surface area (Å²) in [6, 6.07) is 14.5. The molecule has 7 nitrogen and oxygen atoms in total. The second-order valence-corrected chi connectivity index (χ2v) is 7.01. The number of fused-ring (bicyclic) bond motifs is 1. The fourth-order valence-corrected chi connectivity index (χ4v) is 3.49. The number of rotatable bonds is 6. The Morgan fingerprint density at radius 1 is 1.11 bits per heavy atom. The molecular weight excluding hydrogens is 364 g/mol. The normalized spacial score (nSPS) is 11.0. The van der Waals surface area contributed by atoms with Gasteiger partial charge in [-0.15, -0.1) is 16.4 Å². The molecule has 0 fully saturated rings. The molecule has 0 aliphatic heterocycles. The second-order valence-electron chi connectivity index (χ2n) is 5.98. The minimum Gasteiger partial charge on any atom is -0.467 e. The van der Waals surface area contributed by atoms with E-state index in [4.69, 9.17) is 4.42 Å².